The lowest BCUT2D eigenvalue weighted by atomic mass is 9.98. The van der Waals surface area contributed by atoms with Crippen LogP contribution in [0, 0.1) is 5.82 Å². The van der Waals surface area contributed by atoms with Gasteiger partial charge in [0, 0.05) is 31.2 Å². The maximum absolute atomic E-state index is 14.5. The Balaban J connectivity index is 1.90. The van der Waals surface area contributed by atoms with E-state index in [2.05, 4.69) is 10.4 Å². The number of nitrogens with one attached hydrogen (secondary N) is 1. The lowest BCUT2D eigenvalue weighted by Gasteiger charge is -2.30. The Bertz CT molecular complexity index is 1070. The highest BCUT2D eigenvalue weighted by molar-refractivity contribution is 6.03. The predicted octanol–water partition coefficient (Wildman–Crippen LogP) is 3.97. The standard InChI is InChI=1S/C26H33FN4O4/c1-26(2,3)28-25(33)30(14-15-34-4)17-24(32)31-23(18-10-12-19(35-5)13-11-18)16-22(29-31)20-8-6-7-9-21(20)27/h6-13,23H,14-17H2,1-5H3,(H,28,33)/t23-/m0/s1. The predicted molar refractivity (Wildman–Crippen MR) is 132 cm³/mol. The Kier molecular flexibility index (Phi) is 8.45. The summed E-state index contributed by atoms with van der Waals surface area (Å²) in [6.45, 7) is 5.91. The van der Waals surface area contributed by atoms with Crippen molar-refractivity contribution in [1.29, 1.82) is 0 Å². The molecule has 188 valence electrons. The summed E-state index contributed by atoms with van der Waals surface area (Å²) in [5.41, 5.74) is 1.18. The second kappa shape index (κ2) is 11.3. The molecule has 0 radical (unpaired) electrons. The molecule has 3 rings (SSSR count). The third-order valence-electron chi connectivity index (χ3n) is 5.51. The Morgan fingerprint density at radius 3 is 2.43 bits per heavy atom. The molecule has 2 aromatic rings. The molecule has 1 aliphatic heterocycles. The van der Waals surface area contributed by atoms with Crippen molar-refractivity contribution in [3.8, 4) is 5.75 Å². The molecule has 1 atom stereocenters. The van der Waals surface area contributed by atoms with E-state index in [1.54, 1.807) is 37.4 Å². The van der Waals surface area contributed by atoms with Crippen LogP contribution in [0.25, 0.3) is 0 Å². The van der Waals surface area contributed by atoms with Gasteiger partial charge in [-0.05, 0) is 44.5 Å². The van der Waals surface area contributed by atoms with Gasteiger partial charge in [0.2, 0.25) is 0 Å². The van der Waals surface area contributed by atoms with Crippen LogP contribution in [0.2, 0.25) is 0 Å². The molecule has 0 unspecified atom stereocenters. The molecule has 35 heavy (non-hydrogen) atoms. The highest BCUT2D eigenvalue weighted by Crippen LogP contribution is 2.34. The number of ether oxygens (including phenoxy) is 2. The number of benzene rings is 2. The molecular weight excluding hydrogens is 451 g/mol. The molecule has 0 spiro atoms. The fourth-order valence-electron chi connectivity index (χ4n) is 3.77. The SMILES string of the molecule is COCCN(CC(=O)N1N=C(c2ccccc2F)C[C@H]1c1ccc(OC)cc1)C(=O)NC(C)(C)C. The van der Waals surface area contributed by atoms with Gasteiger partial charge in [-0.15, -0.1) is 0 Å². The van der Waals surface area contributed by atoms with E-state index in [-0.39, 0.29) is 31.6 Å². The molecular formula is C26H33FN4O4. The number of rotatable bonds is 8. The van der Waals surface area contributed by atoms with E-state index in [1.165, 1.54) is 23.1 Å². The molecule has 1 heterocycles. The van der Waals surface area contributed by atoms with Crippen LogP contribution in [0.5, 0.6) is 5.75 Å². The minimum Gasteiger partial charge on any atom is -0.497 e. The summed E-state index contributed by atoms with van der Waals surface area (Å²) in [7, 11) is 3.11. The average Bonchev–Trinajstić information content (AvgIpc) is 3.26. The Labute approximate surface area is 205 Å². The zero-order valence-corrected chi connectivity index (χ0v) is 20.9. The smallest absolute Gasteiger partial charge is 0.318 e. The zero-order chi connectivity index (χ0) is 25.6. The Morgan fingerprint density at radius 2 is 1.83 bits per heavy atom. The van der Waals surface area contributed by atoms with Gasteiger partial charge in [0.1, 0.15) is 18.1 Å². The number of carbonyl (C=O) groups excluding carboxylic acids is 2. The van der Waals surface area contributed by atoms with Crippen LogP contribution in [0.15, 0.2) is 53.6 Å². The largest absolute Gasteiger partial charge is 0.497 e. The first kappa shape index (κ1) is 26.2. The number of methoxy groups -OCH3 is 2. The van der Waals surface area contributed by atoms with Crippen LogP contribution in [0.4, 0.5) is 9.18 Å². The van der Waals surface area contributed by atoms with E-state index in [0.29, 0.717) is 23.4 Å². The monoisotopic (exact) mass is 484 g/mol. The lowest BCUT2D eigenvalue weighted by molar-refractivity contribution is -0.133. The summed E-state index contributed by atoms with van der Waals surface area (Å²) in [6, 6.07) is 12.9. The second-order valence-electron chi connectivity index (χ2n) is 9.35. The average molecular weight is 485 g/mol. The quantitative estimate of drug-likeness (QED) is 0.615. The summed E-state index contributed by atoms with van der Waals surface area (Å²) in [6.07, 6.45) is 0.339. The highest BCUT2D eigenvalue weighted by atomic mass is 19.1. The molecule has 1 aliphatic rings. The Morgan fingerprint density at radius 1 is 1.14 bits per heavy atom. The number of amides is 3. The van der Waals surface area contributed by atoms with Crippen molar-refractivity contribution < 1.29 is 23.5 Å². The van der Waals surface area contributed by atoms with Gasteiger partial charge < -0.3 is 19.7 Å². The van der Waals surface area contributed by atoms with Crippen LogP contribution >= 0.6 is 0 Å². The van der Waals surface area contributed by atoms with Crippen LogP contribution in [0.3, 0.4) is 0 Å². The molecule has 0 aliphatic carbocycles. The van der Waals surface area contributed by atoms with E-state index in [4.69, 9.17) is 9.47 Å². The van der Waals surface area contributed by atoms with E-state index in [9.17, 15) is 14.0 Å². The summed E-state index contributed by atoms with van der Waals surface area (Å²) >= 11 is 0. The van der Waals surface area contributed by atoms with Crippen molar-refractivity contribution >= 4 is 17.6 Å². The zero-order valence-electron chi connectivity index (χ0n) is 20.9. The minimum absolute atomic E-state index is 0.202. The fourth-order valence-corrected chi connectivity index (χ4v) is 3.77. The normalized spacial score (nSPS) is 15.5. The van der Waals surface area contributed by atoms with Crippen molar-refractivity contribution in [1.82, 2.24) is 15.2 Å². The second-order valence-corrected chi connectivity index (χ2v) is 9.35. The van der Waals surface area contributed by atoms with Crippen molar-refractivity contribution in [2.24, 2.45) is 5.10 Å². The van der Waals surface area contributed by atoms with Gasteiger partial charge in [0.05, 0.1) is 25.5 Å². The van der Waals surface area contributed by atoms with E-state index < -0.39 is 17.4 Å². The Hall–Kier alpha value is -3.46. The topological polar surface area (TPSA) is 83.5 Å². The fraction of sp³-hybridized carbons (Fsp3) is 0.423. The molecule has 1 N–H and O–H groups in total. The number of hydrogen-bond donors (Lipinski definition) is 1. The van der Waals surface area contributed by atoms with Gasteiger partial charge in [-0.25, -0.2) is 14.2 Å². The van der Waals surface area contributed by atoms with Crippen LogP contribution in [0.1, 0.15) is 44.4 Å². The molecule has 0 aromatic heterocycles. The lowest BCUT2D eigenvalue weighted by Crippen LogP contribution is -2.52. The third kappa shape index (κ3) is 6.79. The summed E-state index contributed by atoms with van der Waals surface area (Å²) in [5.74, 6) is -0.0953. The number of urea groups is 1. The van der Waals surface area contributed by atoms with Gasteiger partial charge in [0.15, 0.2) is 0 Å². The molecule has 3 amide bonds. The summed E-state index contributed by atoms with van der Waals surface area (Å²) in [5, 5.41) is 8.76. The number of carbonyl (C=O) groups is 2. The van der Waals surface area contributed by atoms with Gasteiger partial charge in [-0.2, -0.15) is 5.10 Å². The highest BCUT2D eigenvalue weighted by Gasteiger charge is 2.35. The number of halogens is 1. The molecule has 9 heteroatoms. The van der Waals surface area contributed by atoms with Crippen LogP contribution in [-0.2, 0) is 9.53 Å². The molecule has 0 saturated carbocycles. The van der Waals surface area contributed by atoms with E-state index in [0.717, 1.165) is 5.56 Å². The van der Waals surface area contributed by atoms with Crippen molar-refractivity contribution in [2.75, 3.05) is 33.9 Å². The van der Waals surface area contributed by atoms with Gasteiger partial charge >= 0.3 is 6.03 Å². The first-order chi connectivity index (χ1) is 16.6. The number of hydrogen-bond acceptors (Lipinski definition) is 5. The minimum atomic E-state index is -0.471. The van der Waals surface area contributed by atoms with Crippen LogP contribution in [-0.4, -0.2) is 67.0 Å². The summed E-state index contributed by atoms with van der Waals surface area (Å²) in [4.78, 5) is 27.8. The first-order valence-electron chi connectivity index (χ1n) is 11.5. The van der Waals surface area contributed by atoms with Crippen molar-refractivity contribution in [2.45, 2.75) is 38.8 Å². The molecule has 0 fully saturated rings. The van der Waals surface area contributed by atoms with Crippen molar-refractivity contribution in [3.05, 3.63) is 65.5 Å². The van der Waals surface area contributed by atoms with Gasteiger partial charge in [-0.3, -0.25) is 4.79 Å². The third-order valence-corrected chi connectivity index (χ3v) is 5.51. The molecule has 2 aromatic carbocycles. The van der Waals surface area contributed by atoms with E-state index in [1.807, 2.05) is 32.9 Å². The molecule has 0 bridgehead atoms. The van der Waals surface area contributed by atoms with Crippen molar-refractivity contribution in [3.63, 3.8) is 0 Å². The van der Waals surface area contributed by atoms with Gasteiger partial charge in [-0.1, -0.05) is 30.3 Å². The number of nitrogens with zero attached hydrogens (tertiary/aromatic N) is 3. The summed E-state index contributed by atoms with van der Waals surface area (Å²) < 4.78 is 24.9. The van der Waals surface area contributed by atoms with Gasteiger partial charge in [0.25, 0.3) is 5.91 Å². The first-order valence-corrected chi connectivity index (χ1v) is 11.5. The molecule has 0 saturated heterocycles. The van der Waals surface area contributed by atoms with Crippen LogP contribution < -0.4 is 10.1 Å². The number of hydrazone groups is 1. The van der Waals surface area contributed by atoms with E-state index >= 15 is 0 Å². The molecule has 8 nitrogen and oxygen atoms in total. The maximum atomic E-state index is 14.5. The maximum Gasteiger partial charge on any atom is 0.318 e.